The molecule has 0 aliphatic carbocycles. The highest BCUT2D eigenvalue weighted by atomic mass is 16.5. The quantitative estimate of drug-likeness (QED) is 0.362. The van der Waals surface area contributed by atoms with Crippen molar-refractivity contribution in [2.45, 2.75) is 26.3 Å². The summed E-state index contributed by atoms with van der Waals surface area (Å²) < 4.78 is 5.52. The SMILES string of the molecule is COc1ccccc1N1CCN(Cc2ccc(C(=O)N/N=C(/C)CCc3ccccc3)cc2)CC1. The fourth-order valence-electron chi connectivity index (χ4n) is 4.29. The number of hydrogen-bond donors (Lipinski definition) is 1. The largest absolute Gasteiger partial charge is 0.495 e. The van der Waals surface area contributed by atoms with Crippen molar-refractivity contribution in [3.05, 3.63) is 95.6 Å². The summed E-state index contributed by atoms with van der Waals surface area (Å²) in [5.41, 5.74) is 7.84. The van der Waals surface area contributed by atoms with Gasteiger partial charge < -0.3 is 9.64 Å². The van der Waals surface area contributed by atoms with Crippen molar-refractivity contribution in [3.63, 3.8) is 0 Å². The van der Waals surface area contributed by atoms with Gasteiger partial charge in [0, 0.05) is 44.0 Å². The maximum Gasteiger partial charge on any atom is 0.271 e. The number of benzene rings is 3. The van der Waals surface area contributed by atoms with Crippen molar-refractivity contribution in [2.75, 3.05) is 38.2 Å². The second-order valence-electron chi connectivity index (χ2n) is 8.91. The van der Waals surface area contributed by atoms with Crippen LogP contribution in [0.25, 0.3) is 0 Å². The van der Waals surface area contributed by atoms with Crippen LogP contribution in [-0.4, -0.2) is 49.8 Å². The van der Waals surface area contributed by atoms with E-state index in [4.69, 9.17) is 4.74 Å². The van der Waals surface area contributed by atoms with Crippen LogP contribution in [0, 0.1) is 0 Å². The second kappa shape index (κ2) is 12.2. The average molecular weight is 471 g/mol. The lowest BCUT2D eigenvalue weighted by atomic mass is 10.1. The highest BCUT2D eigenvalue weighted by Crippen LogP contribution is 2.28. The summed E-state index contributed by atoms with van der Waals surface area (Å²) in [6, 6.07) is 26.3. The van der Waals surface area contributed by atoms with E-state index in [2.05, 4.69) is 44.6 Å². The van der Waals surface area contributed by atoms with Gasteiger partial charge in [-0.05, 0) is 55.2 Å². The predicted octanol–water partition coefficient (Wildman–Crippen LogP) is 4.76. The van der Waals surface area contributed by atoms with Crippen molar-refractivity contribution in [1.29, 1.82) is 0 Å². The normalized spacial score (nSPS) is 14.6. The first-order chi connectivity index (χ1) is 17.1. The van der Waals surface area contributed by atoms with Gasteiger partial charge in [0.1, 0.15) is 5.75 Å². The summed E-state index contributed by atoms with van der Waals surface area (Å²) in [5.74, 6) is 0.742. The summed E-state index contributed by atoms with van der Waals surface area (Å²) >= 11 is 0. The number of aryl methyl sites for hydroxylation is 1. The molecule has 3 aromatic carbocycles. The van der Waals surface area contributed by atoms with Gasteiger partial charge in [-0.15, -0.1) is 0 Å². The molecule has 1 aliphatic rings. The Morgan fingerprint density at radius 1 is 0.886 bits per heavy atom. The van der Waals surface area contributed by atoms with E-state index in [0.717, 1.165) is 62.7 Å². The number of ether oxygens (including phenoxy) is 1. The van der Waals surface area contributed by atoms with E-state index in [1.54, 1.807) is 7.11 Å². The summed E-state index contributed by atoms with van der Waals surface area (Å²) in [6.45, 7) is 6.71. The van der Waals surface area contributed by atoms with E-state index in [1.807, 2.05) is 61.5 Å². The topological polar surface area (TPSA) is 57.2 Å². The Morgan fingerprint density at radius 3 is 2.29 bits per heavy atom. The molecule has 1 heterocycles. The average Bonchev–Trinajstić information content (AvgIpc) is 2.92. The van der Waals surface area contributed by atoms with Crippen molar-refractivity contribution in [3.8, 4) is 5.75 Å². The number of hydrogen-bond acceptors (Lipinski definition) is 5. The minimum absolute atomic E-state index is 0.180. The zero-order valence-corrected chi connectivity index (χ0v) is 20.6. The predicted molar refractivity (Wildman–Crippen MR) is 142 cm³/mol. The number of nitrogens with one attached hydrogen (secondary N) is 1. The van der Waals surface area contributed by atoms with Crippen molar-refractivity contribution in [2.24, 2.45) is 5.10 Å². The molecule has 1 aliphatic heterocycles. The molecule has 0 bridgehead atoms. The first-order valence-corrected chi connectivity index (χ1v) is 12.2. The number of nitrogens with zero attached hydrogens (tertiary/aromatic N) is 3. The van der Waals surface area contributed by atoms with Crippen molar-refractivity contribution >= 4 is 17.3 Å². The minimum atomic E-state index is -0.180. The number of piperazine rings is 1. The molecule has 0 unspecified atom stereocenters. The third-order valence-electron chi connectivity index (χ3n) is 6.39. The minimum Gasteiger partial charge on any atom is -0.495 e. The zero-order chi connectivity index (χ0) is 24.5. The molecule has 0 spiro atoms. The molecule has 3 aromatic rings. The van der Waals surface area contributed by atoms with Gasteiger partial charge >= 0.3 is 0 Å². The fraction of sp³-hybridized carbons (Fsp3) is 0.310. The van der Waals surface area contributed by atoms with Gasteiger partial charge in [-0.3, -0.25) is 9.69 Å². The van der Waals surface area contributed by atoms with Crippen LogP contribution in [0.4, 0.5) is 5.69 Å². The Hall–Kier alpha value is -3.64. The van der Waals surface area contributed by atoms with Crippen molar-refractivity contribution < 1.29 is 9.53 Å². The smallest absolute Gasteiger partial charge is 0.271 e. The number of carbonyl (C=O) groups excluding carboxylic acids is 1. The standard InChI is InChI=1S/C29H34N4O2/c1-23(12-13-24-8-4-3-5-9-24)30-31-29(34)26-16-14-25(15-17-26)22-32-18-20-33(21-19-32)27-10-6-7-11-28(27)35-2/h3-11,14-17H,12-13,18-22H2,1-2H3,(H,31,34)/b30-23-. The molecule has 6 heteroatoms. The highest BCUT2D eigenvalue weighted by Gasteiger charge is 2.19. The van der Waals surface area contributed by atoms with Gasteiger partial charge in [0.05, 0.1) is 12.8 Å². The molecule has 4 rings (SSSR count). The lowest BCUT2D eigenvalue weighted by molar-refractivity contribution is 0.0954. The van der Waals surface area contributed by atoms with Crippen LogP contribution in [0.2, 0.25) is 0 Å². The van der Waals surface area contributed by atoms with Crippen LogP contribution in [-0.2, 0) is 13.0 Å². The van der Waals surface area contributed by atoms with Gasteiger partial charge in [-0.1, -0.05) is 54.6 Å². The lowest BCUT2D eigenvalue weighted by Gasteiger charge is -2.36. The van der Waals surface area contributed by atoms with Gasteiger partial charge in [0.15, 0.2) is 0 Å². The maximum absolute atomic E-state index is 12.5. The summed E-state index contributed by atoms with van der Waals surface area (Å²) in [4.78, 5) is 17.3. The number of methoxy groups -OCH3 is 1. The third kappa shape index (κ3) is 6.93. The van der Waals surface area contributed by atoms with E-state index >= 15 is 0 Å². The zero-order valence-electron chi connectivity index (χ0n) is 20.6. The number of amides is 1. The van der Waals surface area contributed by atoms with Crippen LogP contribution < -0.4 is 15.1 Å². The third-order valence-corrected chi connectivity index (χ3v) is 6.39. The van der Waals surface area contributed by atoms with Crippen LogP contribution in [0.1, 0.15) is 34.8 Å². The Morgan fingerprint density at radius 2 is 1.57 bits per heavy atom. The summed E-state index contributed by atoms with van der Waals surface area (Å²) in [6.07, 6.45) is 1.72. The molecular weight excluding hydrogens is 436 g/mol. The number of hydrazone groups is 1. The summed E-state index contributed by atoms with van der Waals surface area (Å²) in [5, 5.41) is 4.27. The number of anilines is 1. The molecule has 0 atom stereocenters. The molecule has 6 nitrogen and oxygen atoms in total. The molecule has 182 valence electrons. The van der Waals surface area contributed by atoms with Crippen LogP contribution >= 0.6 is 0 Å². The number of carbonyl (C=O) groups is 1. The lowest BCUT2D eigenvalue weighted by Crippen LogP contribution is -2.46. The Labute approximate surface area is 208 Å². The molecule has 1 fully saturated rings. The van der Waals surface area contributed by atoms with Crippen LogP contribution in [0.5, 0.6) is 5.75 Å². The Kier molecular flexibility index (Phi) is 8.52. The second-order valence-corrected chi connectivity index (χ2v) is 8.91. The van der Waals surface area contributed by atoms with E-state index in [1.165, 1.54) is 11.1 Å². The van der Waals surface area contributed by atoms with Gasteiger partial charge in [-0.25, -0.2) is 5.43 Å². The fourth-order valence-corrected chi connectivity index (χ4v) is 4.29. The monoisotopic (exact) mass is 470 g/mol. The molecule has 1 N–H and O–H groups in total. The molecular formula is C29H34N4O2. The molecule has 0 aromatic heterocycles. The van der Waals surface area contributed by atoms with Crippen molar-refractivity contribution in [1.82, 2.24) is 10.3 Å². The first kappa shape index (κ1) is 24.5. The number of para-hydroxylation sites is 2. The maximum atomic E-state index is 12.5. The number of rotatable bonds is 9. The van der Waals surface area contributed by atoms with E-state index in [9.17, 15) is 4.79 Å². The molecule has 35 heavy (non-hydrogen) atoms. The van der Waals surface area contributed by atoms with E-state index in [0.29, 0.717) is 5.56 Å². The molecule has 0 radical (unpaired) electrons. The van der Waals surface area contributed by atoms with Gasteiger partial charge in [0.2, 0.25) is 0 Å². The summed E-state index contributed by atoms with van der Waals surface area (Å²) in [7, 11) is 1.72. The molecule has 1 amide bonds. The molecule has 0 saturated carbocycles. The van der Waals surface area contributed by atoms with Gasteiger partial charge in [-0.2, -0.15) is 5.10 Å². The van der Waals surface area contributed by atoms with Gasteiger partial charge in [0.25, 0.3) is 5.91 Å². The first-order valence-electron chi connectivity index (χ1n) is 12.2. The highest BCUT2D eigenvalue weighted by molar-refractivity contribution is 5.95. The molecule has 1 saturated heterocycles. The van der Waals surface area contributed by atoms with Crippen LogP contribution in [0.3, 0.4) is 0 Å². The van der Waals surface area contributed by atoms with E-state index < -0.39 is 0 Å². The Bertz CT molecular complexity index is 1120. The van der Waals surface area contributed by atoms with Crippen LogP contribution in [0.15, 0.2) is 84.0 Å². The van der Waals surface area contributed by atoms with E-state index in [-0.39, 0.29) is 5.91 Å². The Balaban J connectivity index is 1.23.